The van der Waals surface area contributed by atoms with Gasteiger partial charge in [-0.15, -0.1) is 6.58 Å². The molecule has 0 saturated heterocycles. The summed E-state index contributed by atoms with van der Waals surface area (Å²) in [6.07, 6.45) is 2.30. The average Bonchev–Trinajstić information content (AvgIpc) is 2.67. The molecule has 0 radical (unpaired) electrons. The molecule has 2 aromatic carbocycles. The summed E-state index contributed by atoms with van der Waals surface area (Å²) in [6, 6.07) is 16.0. The number of amides is 1. The zero-order chi connectivity index (χ0) is 19.0. The Labute approximate surface area is 155 Å². The first-order valence-corrected chi connectivity index (χ1v) is 9.96. The molecule has 6 heteroatoms. The topological polar surface area (TPSA) is 75.3 Å². The first kappa shape index (κ1) is 19.9. The number of nitrogens with one attached hydrogen (secondary N) is 2. The third-order valence-electron chi connectivity index (χ3n) is 4.08. The van der Waals surface area contributed by atoms with E-state index in [9.17, 15) is 13.2 Å². The highest BCUT2D eigenvalue weighted by Gasteiger charge is 2.14. The average molecular weight is 372 g/mol. The monoisotopic (exact) mass is 372 g/mol. The number of hydrogen-bond acceptors (Lipinski definition) is 3. The van der Waals surface area contributed by atoms with E-state index in [-0.39, 0.29) is 17.3 Å². The molecular formula is C20H24N2O3S. The molecule has 26 heavy (non-hydrogen) atoms. The van der Waals surface area contributed by atoms with Gasteiger partial charge in [-0.1, -0.05) is 43.3 Å². The first-order valence-electron chi connectivity index (χ1n) is 8.48. The third-order valence-corrected chi connectivity index (χ3v) is 5.52. The summed E-state index contributed by atoms with van der Waals surface area (Å²) in [5, 5.41) is 2.87. The molecule has 0 heterocycles. The second-order valence-corrected chi connectivity index (χ2v) is 7.79. The summed E-state index contributed by atoms with van der Waals surface area (Å²) in [5.41, 5.74) is 1.67. The van der Waals surface area contributed by atoms with E-state index in [1.54, 1.807) is 0 Å². The maximum atomic E-state index is 12.2. The van der Waals surface area contributed by atoms with E-state index in [0.29, 0.717) is 18.0 Å². The molecular weight excluding hydrogens is 348 g/mol. The van der Waals surface area contributed by atoms with Crippen LogP contribution >= 0.6 is 0 Å². The molecule has 0 aliphatic rings. The SMILES string of the molecule is C=CCNS(=O)(=O)c1ccc(C(=O)NCCC(C)c2ccccc2)cc1. The van der Waals surface area contributed by atoms with Gasteiger partial charge in [-0.05, 0) is 42.2 Å². The molecule has 2 N–H and O–H groups in total. The second-order valence-electron chi connectivity index (χ2n) is 6.02. The van der Waals surface area contributed by atoms with Crippen molar-refractivity contribution in [2.75, 3.05) is 13.1 Å². The second kappa shape index (κ2) is 9.31. The van der Waals surface area contributed by atoms with Gasteiger partial charge in [0.05, 0.1) is 4.90 Å². The predicted molar refractivity (Wildman–Crippen MR) is 104 cm³/mol. The Morgan fingerprint density at radius 3 is 2.38 bits per heavy atom. The predicted octanol–water partition coefficient (Wildman–Crippen LogP) is 3.07. The molecule has 0 aromatic heterocycles. The van der Waals surface area contributed by atoms with Gasteiger partial charge in [0.2, 0.25) is 10.0 Å². The van der Waals surface area contributed by atoms with Crippen LogP contribution in [0.15, 0.2) is 72.1 Å². The minimum atomic E-state index is -3.58. The summed E-state index contributed by atoms with van der Waals surface area (Å²) in [4.78, 5) is 12.3. The van der Waals surface area contributed by atoms with Crippen LogP contribution < -0.4 is 10.0 Å². The summed E-state index contributed by atoms with van der Waals surface area (Å²) < 4.78 is 26.4. The van der Waals surface area contributed by atoms with E-state index in [1.165, 1.54) is 35.9 Å². The standard InChI is InChI=1S/C20H24N2O3S/c1-3-14-22-26(24,25)19-11-9-18(10-12-19)20(23)21-15-13-16(2)17-7-5-4-6-8-17/h3-12,16,22H,1,13-15H2,2H3,(H,21,23). The highest BCUT2D eigenvalue weighted by Crippen LogP contribution is 2.17. The Hall–Kier alpha value is -2.44. The normalized spacial score (nSPS) is 12.3. The fraction of sp³-hybridized carbons (Fsp3) is 0.250. The van der Waals surface area contributed by atoms with Gasteiger partial charge in [-0.2, -0.15) is 0 Å². The van der Waals surface area contributed by atoms with E-state index in [0.717, 1.165) is 6.42 Å². The van der Waals surface area contributed by atoms with Gasteiger partial charge in [-0.25, -0.2) is 13.1 Å². The van der Waals surface area contributed by atoms with Crippen molar-refractivity contribution in [1.82, 2.24) is 10.0 Å². The largest absolute Gasteiger partial charge is 0.352 e. The summed E-state index contributed by atoms with van der Waals surface area (Å²) >= 11 is 0. The van der Waals surface area contributed by atoms with Gasteiger partial charge in [0.25, 0.3) is 5.91 Å². The molecule has 1 atom stereocenters. The lowest BCUT2D eigenvalue weighted by Crippen LogP contribution is -2.26. The Balaban J connectivity index is 1.89. The van der Waals surface area contributed by atoms with Crippen molar-refractivity contribution in [2.45, 2.75) is 24.2 Å². The molecule has 0 aliphatic heterocycles. The zero-order valence-electron chi connectivity index (χ0n) is 14.8. The zero-order valence-corrected chi connectivity index (χ0v) is 15.6. The van der Waals surface area contributed by atoms with Crippen molar-refractivity contribution >= 4 is 15.9 Å². The Bertz CT molecular complexity index is 831. The van der Waals surface area contributed by atoms with Crippen LogP contribution in [0.4, 0.5) is 0 Å². The van der Waals surface area contributed by atoms with Gasteiger partial charge in [0.15, 0.2) is 0 Å². The van der Waals surface area contributed by atoms with Crippen LogP contribution in [0.25, 0.3) is 0 Å². The maximum Gasteiger partial charge on any atom is 0.251 e. The van der Waals surface area contributed by atoms with Crippen molar-refractivity contribution in [2.24, 2.45) is 0 Å². The van der Waals surface area contributed by atoms with E-state index in [1.807, 2.05) is 18.2 Å². The molecule has 0 fully saturated rings. The van der Waals surface area contributed by atoms with Crippen molar-refractivity contribution in [3.8, 4) is 0 Å². The lowest BCUT2D eigenvalue weighted by atomic mass is 9.98. The number of sulfonamides is 1. The van der Waals surface area contributed by atoms with Crippen LogP contribution in [0.2, 0.25) is 0 Å². The molecule has 138 valence electrons. The van der Waals surface area contributed by atoms with Gasteiger partial charge in [-0.3, -0.25) is 4.79 Å². The van der Waals surface area contributed by atoms with E-state index >= 15 is 0 Å². The van der Waals surface area contributed by atoms with Gasteiger partial charge < -0.3 is 5.32 Å². The number of hydrogen-bond donors (Lipinski definition) is 2. The minimum Gasteiger partial charge on any atom is -0.352 e. The van der Waals surface area contributed by atoms with Crippen molar-refractivity contribution in [1.29, 1.82) is 0 Å². The van der Waals surface area contributed by atoms with Crippen LogP contribution in [0, 0.1) is 0 Å². The fourth-order valence-electron chi connectivity index (χ4n) is 2.49. The number of benzene rings is 2. The van der Waals surface area contributed by atoms with Crippen LogP contribution in [-0.2, 0) is 10.0 Å². The van der Waals surface area contributed by atoms with Crippen molar-refractivity contribution in [3.63, 3.8) is 0 Å². The van der Waals surface area contributed by atoms with E-state index in [4.69, 9.17) is 0 Å². The quantitative estimate of drug-likeness (QED) is 0.664. The van der Waals surface area contributed by atoms with Crippen molar-refractivity contribution < 1.29 is 13.2 Å². The van der Waals surface area contributed by atoms with E-state index in [2.05, 4.69) is 35.7 Å². The maximum absolute atomic E-state index is 12.2. The molecule has 2 aromatic rings. The van der Waals surface area contributed by atoms with E-state index < -0.39 is 10.0 Å². The number of rotatable bonds is 9. The molecule has 0 aliphatic carbocycles. The molecule has 5 nitrogen and oxygen atoms in total. The first-order chi connectivity index (χ1) is 12.4. The molecule has 1 unspecified atom stereocenters. The third kappa shape index (κ3) is 5.54. The molecule has 0 spiro atoms. The lowest BCUT2D eigenvalue weighted by Gasteiger charge is -2.12. The van der Waals surface area contributed by atoms with Crippen LogP contribution in [-0.4, -0.2) is 27.4 Å². The molecule has 0 saturated carbocycles. The summed E-state index contributed by atoms with van der Waals surface area (Å²) in [7, 11) is -3.58. The highest BCUT2D eigenvalue weighted by molar-refractivity contribution is 7.89. The Morgan fingerprint density at radius 2 is 1.77 bits per heavy atom. The lowest BCUT2D eigenvalue weighted by molar-refractivity contribution is 0.0952. The molecule has 1 amide bonds. The molecule has 2 rings (SSSR count). The van der Waals surface area contributed by atoms with Gasteiger partial charge >= 0.3 is 0 Å². The number of carbonyl (C=O) groups is 1. The summed E-state index contributed by atoms with van der Waals surface area (Å²) in [5.74, 6) is 0.133. The Morgan fingerprint density at radius 1 is 1.12 bits per heavy atom. The van der Waals surface area contributed by atoms with Gasteiger partial charge in [0.1, 0.15) is 0 Å². The summed E-state index contributed by atoms with van der Waals surface area (Å²) in [6.45, 7) is 6.31. The Kier molecular flexibility index (Phi) is 7.12. The van der Waals surface area contributed by atoms with Crippen LogP contribution in [0.5, 0.6) is 0 Å². The minimum absolute atomic E-state index is 0.119. The van der Waals surface area contributed by atoms with Crippen molar-refractivity contribution in [3.05, 3.63) is 78.4 Å². The van der Waals surface area contributed by atoms with Crippen LogP contribution in [0.3, 0.4) is 0 Å². The smallest absolute Gasteiger partial charge is 0.251 e. The fourth-order valence-corrected chi connectivity index (χ4v) is 3.49. The highest BCUT2D eigenvalue weighted by atomic mass is 32.2. The van der Waals surface area contributed by atoms with Crippen LogP contribution in [0.1, 0.15) is 35.2 Å². The van der Waals surface area contributed by atoms with Gasteiger partial charge in [0, 0.05) is 18.7 Å². The number of carbonyl (C=O) groups excluding carboxylic acids is 1. The molecule has 0 bridgehead atoms.